The molecule has 0 unspecified atom stereocenters. The molecule has 0 spiro atoms. The van der Waals surface area contributed by atoms with Crippen LogP contribution in [0.4, 0.5) is 0 Å². The fourth-order valence-electron chi connectivity index (χ4n) is 3.20. The van der Waals surface area contributed by atoms with Crippen LogP contribution in [0.5, 0.6) is 17.2 Å². The van der Waals surface area contributed by atoms with Crippen molar-refractivity contribution >= 4 is 23.5 Å². The zero-order valence-electron chi connectivity index (χ0n) is 19.8. The maximum absolute atomic E-state index is 11.9. The number of rotatable bonds is 7. The van der Waals surface area contributed by atoms with Gasteiger partial charge in [0.05, 0.1) is 11.4 Å². The molecule has 0 heterocycles. The summed E-state index contributed by atoms with van der Waals surface area (Å²) in [6.45, 7) is 7.60. The average Bonchev–Trinajstić information content (AvgIpc) is 2.76. The summed E-state index contributed by atoms with van der Waals surface area (Å²) in [5.74, 6) is -0.426. The van der Waals surface area contributed by atoms with Gasteiger partial charge in [0.25, 0.3) is 0 Å². The molecule has 0 aliphatic heterocycles. The lowest BCUT2D eigenvalue weighted by atomic mass is 10.0. The number of carboxylic acids is 1. The number of carbonyl (C=O) groups is 2. The predicted octanol–water partition coefficient (Wildman–Crippen LogP) is 6.28. The van der Waals surface area contributed by atoms with Crippen LogP contribution in [0.15, 0.2) is 54.6 Å². The van der Waals surface area contributed by atoms with Gasteiger partial charge in [-0.05, 0) is 54.8 Å². The van der Waals surface area contributed by atoms with Gasteiger partial charge in [0, 0.05) is 5.56 Å². The van der Waals surface area contributed by atoms with Crippen molar-refractivity contribution in [1.29, 1.82) is 0 Å². The second-order valence-corrected chi connectivity index (χ2v) is 8.34. The number of aromatic hydroxyl groups is 1. The first-order valence-electron chi connectivity index (χ1n) is 11.0. The number of benzene rings is 3. The molecule has 0 saturated heterocycles. The molecule has 34 heavy (non-hydrogen) atoms. The second-order valence-electron chi connectivity index (χ2n) is 7.93. The largest absolute Gasteiger partial charge is 0.507 e. The Morgan fingerprint density at radius 2 is 1.74 bits per heavy atom. The van der Waals surface area contributed by atoms with Crippen molar-refractivity contribution in [3.05, 3.63) is 76.3 Å². The number of hydrogen-bond acceptors (Lipinski definition) is 4. The predicted molar refractivity (Wildman–Crippen MR) is 135 cm³/mol. The molecule has 3 aromatic carbocycles. The van der Waals surface area contributed by atoms with Gasteiger partial charge in [-0.1, -0.05) is 67.8 Å². The van der Waals surface area contributed by atoms with E-state index >= 15 is 0 Å². The second kappa shape index (κ2) is 12.7. The van der Waals surface area contributed by atoms with E-state index in [1.165, 1.54) is 6.42 Å². The number of aryl methyl sites for hydroxylation is 2. The quantitative estimate of drug-likeness (QED) is 0.367. The SMILES string of the molecule is CCC.Cc1cccc(-c2cc(Oc3c(C)cc(CC(=O)NCC(=O)O)cc3Cl)ccc2O)c1. The van der Waals surface area contributed by atoms with E-state index < -0.39 is 18.4 Å². The normalized spacial score (nSPS) is 10.1. The Hall–Kier alpha value is -3.51. The monoisotopic (exact) mass is 483 g/mol. The van der Waals surface area contributed by atoms with Gasteiger partial charge in [0.15, 0.2) is 0 Å². The molecule has 0 saturated carbocycles. The van der Waals surface area contributed by atoms with Crippen molar-refractivity contribution in [2.75, 3.05) is 6.54 Å². The number of hydrogen-bond donors (Lipinski definition) is 3. The Morgan fingerprint density at radius 1 is 1.03 bits per heavy atom. The summed E-state index contributed by atoms with van der Waals surface area (Å²) in [5, 5.41) is 21.6. The van der Waals surface area contributed by atoms with Crippen molar-refractivity contribution in [3.8, 4) is 28.4 Å². The van der Waals surface area contributed by atoms with Gasteiger partial charge in [-0.3, -0.25) is 9.59 Å². The van der Waals surface area contributed by atoms with Crippen LogP contribution >= 0.6 is 11.6 Å². The van der Waals surface area contributed by atoms with E-state index in [0.717, 1.165) is 16.7 Å². The maximum atomic E-state index is 11.9. The Kier molecular flexibility index (Phi) is 9.95. The minimum atomic E-state index is -1.11. The van der Waals surface area contributed by atoms with Crippen LogP contribution in [-0.4, -0.2) is 28.6 Å². The van der Waals surface area contributed by atoms with Crippen LogP contribution in [0.2, 0.25) is 5.02 Å². The summed E-state index contributed by atoms with van der Waals surface area (Å²) in [6, 6.07) is 16.1. The smallest absolute Gasteiger partial charge is 0.322 e. The molecule has 0 aliphatic carbocycles. The number of amides is 1. The Labute approximate surface area is 205 Å². The fourth-order valence-corrected chi connectivity index (χ4v) is 3.52. The molecule has 0 atom stereocenters. The van der Waals surface area contributed by atoms with Crippen LogP contribution in [-0.2, 0) is 16.0 Å². The highest BCUT2D eigenvalue weighted by Crippen LogP contribution is 2.38. The van der Waals surface area contributed by atoms with Crippen LogP contribution in [0.25, 0.3) is 11.1 Å². The molecular weight excluding hydrogens is 454 g/mol. The third-order valence-electron chi connectivity index (χ3n) is 4.61. The van der Waals surface area contributed by atoms with Crippen molar-refractivity contribution in [1.82, 2.24) is 5.32 Å². The standard InChI is InChI=1S/C24H22ClNO5.C3H8/c1-14-4-3-5-17(8-14)19-12-18(6-7-21(19)27)31-24-15(2)9-16(10-20(24)25)11-22(28)26-13-23(29)30;1-3-2/h3-10,12,27H,11,13H2,1-2H3,(H,26,28)(H,29,30);3H2,1-2H3. The molecular formula is C27H30ClNO5. The molecule has 180 valence electrons. The lowest BCUT2D eigenvalue weighted by Crippen LogP contribution is -2.30. The molecule has 0 aliphatic rings. The minimum Gasteiger partial charge on any atom is -0.507 e. The van der Waals surface area contributed by atoms with Gasteiger partial charge < -0.3 is 20.3 Å². The van der Waals surface area contributed by atoms with Gasteiger partial charge in [0.1, 0.15) is 23.8 Å². The van der Waals surface area contributed by atoms with Crippen LogP contribution in [0, 0.1) is 13.8 Å². The van der Waals surface area contributed by atoms with E-state index in [9.17, 15) is 14.7 Å². The van der Waals surface area contributed by atoms with Gasteiger partial charge >= 0.3 is 5.97 Å². The van der Waals surface area contributed by atoms with Crippen molar-refractivity contribution in [2.45, 2.75) is 40.5 Å². The Bertz CT molecular complexity index is 1140. The summed E-state index contributed by atoms with van der Waals surface area (Å²) in [7, 11) is 0. The van der Waals surface area contributed by atoms with Crippen molar-refractivity contribution in [3.63, 3.8) is 0 Å². The summed E-state index contributed by atoms with van der Waals surface area (Å²) in [5.41, 5.74) is 3.95. The highest BCUT2D eigenvalue weighted by molar-refractivity contribution is 6.32. The van der Waals surface area contributed by atoms with E-state index in [1.54, 1.807) is 30.3 Å². The maximum Gasteiger partial charge on any atom is 0.322 e. The average molecular weight is 484 g/mol. The number of phenols is 1. The van der Waals surface area contributed by atoms with E-state index in [1.807, 2.05) is 38.1 Å². The molecule has 0 fully saturated rings. The van der Waals surface area contributed by atoms with E-state index in [4.69, 9.17) is 21.4 Å². The number of ether oxygens (including phenoxy) is 1. The highest BCUT2D eigenvalue weighted by Gasteiger charge is 2.14. The lowest BCUT2D eigenvalue weighted by Gasteiger charge is -2.14. The summed E-state index contributed by atoms with van der Waals surface area (Å²) in [4.78, 5) is 22.4. The van der Waals surface area contributed by atoms with Crippen LogP contribution in [0.3, 0.4) is 0 Å². The van der Waals surface area contributed by atoms with Crippen LogP contribution < -0.4 is 10.1 Å². The Balaban J connectivity index is 0.00000129. The third-order valence-corrected chi connectivity index (χ3v) is 4.89. The summed E-state index contributed by atoms with van der Waals surface area (Å²) < 4.78 is 6.00. The zero-order valence-corrected chi connectivity index (χ0v) is 20.6. The number of nitrogens with one attached hydrogen (secondary N) is 1. The Morgan fingerprint density at radius 3 is 2.35 bits per heavy atom. The van der Waals surface area contributed by atoms with Crippen molar-refractivity contribution in [2.24, 2.45) is 0 Å². The first-order chi connectivity index (χ1) is 16.1. The zero-order chi connectivity index (χ0) is 25.3. The highest BCUT2D eigenvalue weighted by atomic mass is 35.5. The molecule has 3 aromatic rings. The van der Waals surface area contributed by atoms with E-state index in [0.29, 0.717) is 27.6 Å². The van der Waals surface area contributed by atoms with E-state index in [-0.39, 0.29) is 12.2 Å². The van der Waals surface area contributed by atoms with Crippen molar-refractivity contribution < 1.29 is 24.5 Å². The first kappa shape index (κ1) is 26.7. The van der Waals surface area contributed by atoms with Crippen LogP contribution in [0.1, 0.15) is 37.0 Å². The molecule has 7 heteroatoms. The summed E-state index contributed by atoms with van der Waals surface area (Å²) in [6.07, 6.45) is 1.25. The molecule has 6 nitrogen and oxygen atoms in total. The molecule has 0 aromatic heterocycles. The number of carboxylic acid groups (broad SMARTS) is 1. The van der Waals surface area contributed by atoms with Gasteiger partial charge in [-0.2, -0.15) is 0 Å². The number of phenolic OH excluding ortho intramolecular Hbond substituents is 1. The fraction of sp³-hybridized carbons (Fsp3) is 0.259. The summed E-state index contributed by atoms with van der Waals surface area (Å²) >= 11 is 6.40. The first-order valence-corrected chi connectivity index (χ1v) is 11.4. The minimum absolute atomic E-state index is 0.00480. The number of halogens is 1. The van der Waals surface area contributed by atoms with Gasteiger partial charge in [0.2, 0.25) is 5.91 Å². The lowest BCUT2D eigenvalue weighted by molar-refractivity contribution is -0.137. The molecule has 1 amide bonds. The molecule has 3 N–H and O–H groups in total. The molecule has 0 radical (unpaired) electrons. The number of aliphatic carboxylic acids is 1. The molecule has 3 rings (SSSR count). The van der Waals surface area contributed by atoms with Gasteiger partial charge in [-0.15, -0.1) is 0 Å². The third kappa shape index (κ3) is 7.81. The number of carbonyl (C=O) groups excluding carboxylic acids is 1. The topological polar surface area (TPSA) is 95.9 Å². The molecule has 0 bridgehead atoms. The van der Waals surface area contributed by atoms with Gasteiger partial charge in [-0.25, -0.2) is 0 Å². The van der Waals surface area contributed by atoms with E-state index in [2.05, 4.69) is 19.2 Å².